The van der Waals surface area contributed by atoms with E-state index in [0.717, 1.165) is 18.5 Å². The van der Waals surface area contributed by atoms with Gasteiger partial charge in [0.1, 0.15) is 6.61 Å². The van der Waals surface area contributed by atoms with Crippen molar-refractivity contribution in [3.8, 4) is 5.75 Å². The molecule has 0 bridgehead atoms. The molecule has 6 heteroatoms. The van der Waals surface area contributed by atoms with Gasteiger partial charge in [0.2, 0.25) is 0 Å². The number of halogens is 1. The first-order chi connectivity index (χ1) is 13.2. The monoisotopic (exact) mass is 372 g/mol. The number of nitrogens with one attached hydrogen (secondary N) is 1. The molecule has 5 nitrogen and oxygen atoms in total. The Hall–Kier alpha value is -2.60. The molecule has 1 aliphatic heterocycles. The van der Waals surface area contributed by atoms with Gasteiger partial charge in [0.15, 0.2) is 11.6 Å². The molecule has 144 valence electrons. The van der Waals surface area contributed by atoms with E-state index in [-0.39, 0.29) is 24.1 Å². The minimum Gasteiger partial charge on any atom is -0.489 e. The summed E-state index contributed by atoms with van der Waals surface area (Å²) in [6.45, 7) is 2.36. The predicted octanol–water partition coefficient (Wildman–Crippen LogP) is 3.16. The number of aliphatic hydroxyl groups excluding tert-OH is 1. The summed E-state index contributed by atoms with van der Waals surface area (Å²) in [5.74, 6) is 0.165. The van der Waals surface area contributed by atoms with Crippen LogP contribution in [0.5, 0.6) is 5.75 Å². The van der Waals surface area contributed by atoms with E-state index in [9.17, 15) is 14.3 Å². The van der Waals surface area contributed by atoms with Crippen LogP contribution in [0.4, 0.5) is 10.1 Å². The van der Waals surface area contributed by atoms with E-state index in [1.165, 1.54) is 6.07 Å². The molecule has 3 rings (SSSR count). The molecule has 27 heavy (non-hydrogen) atoms. The third-order valence-corrected chi connectivity index (χ3v) is 4.79. The summed E-state index contributed by atoms with van der Waals surface area (Å²) in [6.07, 6.45) is 1.68. The van der Waals surface area contributed by atoms with E-state index in [2.05, 4.69) is 5.32 Å². The molecule has 1 saturated heterocycles. The van der Waals surface area contributed by atoms with Crippen molar-refractivity contribution in [2.24, 2.45) is 5.92 Å². The third kappa shape index (κ3) is 5.20. The van der Waals surface area contributed by atoms with Crippen molar-refractivity contribution in [2.75, 3.05) is 38.2 Å². The number of carbonyl (C=O) groups is 1. The van der Waals surface area contributed by atoms with Crippen LogP contribution in [-0.4, -0.2) is 48.8 Å². The Balaban J connectivity index is 1.50. The minimum absolute atomic E-state index is 0.0117. The highest BCUT2D eigenvalue weighted by molar-refractivity contribution is 5.95. The lowest BCUT2D eigenvalue weighted by atomic mass is 9.97. The second-order valence-electron chi connectivity index (χ2n) is 6.70. The van der Waals surface area contributed by atoms with Crippen LogP contribution in [0.25, 0.3) is 0 Å². The van der Waals surface area contributed by atoms with Crippen LogP contribution in [0.1, 0.15) is 23.2 Å². The number of carbonyl (C=O) groups excluding carboxylic acids is 1. The fraction of sp³-hybridized carbons (Fsp3) is 0.381. The average Bonchev–Trinajstić information content (AvgIpc) is 2.72. The lowest BCUT2D eigenvalue weighted by Crippen LogP contribution is -2.39. The summed E-state index contributed by atoms with van der Waals surface area (Å²) in [6, 6.07) is 13.7. The molecular weight excluding hydrogens is 347 g/mol. The maximum atomic E-state index is 13.5. The molecule has 0 aliphatic carbocycles. The molecule has 1 aliphatic rings. The van der Waals surface area contributed by atoms with Crippen molar-refractivity contribution in [3.05, 3.63) is 59.9 Å². The lowest BCUT2D eigenvalue weighted by Gasteiger charge is -2.31. The summed E-state index contributed by atoms with van der Waals surface area (Å²) < 4.78 is 18.9. The zero-order valence-electron chi connectivity index (χ0n) is 15.2. The SMILES string of the molecule is O=C(c1cccc(NCCOc2ccccc2F)c1)N1CCC(CO)CC1. The second-order valence-corrected chi connectivity index (χ2v) is 6.70. The average molecular weight is 372 g/mol. The standard InChI is InChI=1S/C21H25FN2O3/c22-19-6-1-2-7-20(19)27-13-10-23-18-5-3-4-17(14-18)21(26)24-11-8-16(15-25)9-12-24/h1-7,14,16,23,25H,8-13,15H2. The molecular formula is C21H25FN2O3. The predicted molar refractivity (Wildman–Crippen MR) is 103 cm³/mol. The fourth-order valence-corrected chi connectivity index (χ4v) is 3.18. The summed E-state index contributed by atoms with van der Waals surface area (Å²) in [5.41, 5.74) is 1.46. The third-order valence-electron chi connectivity index (χ3n) is 4.79. The van der Waals surface area contributed by atoms with Crippen LogP contribution in [-0.2, 0) is 0 Å². The first-order valence-corrected chi connectivity index (χ1v) is 9.29. The Labute approximate surface area is 158 Å². The van der Waals surface area contributed by atoms with E-state index < -0.39 is 0 Å². The largest absolute Gasteiger partial charge is 0.489 e. The number of rotatable bonds is 7. The number of hydrogen-bond donors (Lipinski definition) is 2. The Morgan fingerprint density at radius 1 is 1.19 bits per heavy atom. The molecule has 1 heterocycles. The van der Waals surface area contributed by atoms with E-state index >= 15 is 0 Å². The zero-order chi connectivity index (χ0) is 19.1. The van der Waals surface area contributed by atoms with Gasteiger partial charge in [-0.2, -0.15) is 0 Å². The fourth-order valence-electron chi connectivity index (χ4n) is 3.18. The van der Waals surface area contributed by atoms with E-state index in [1.54, 1.807) is 18.2 Å². The number of ether oxygens (including phenoxy) is 1. The highest BCUT2D eigenvalue weighted by atomic mass is 19.1. The molecule has 2 aromatic carbocycles. The number of piperidine rings is 1. The van der Waals surface area contributed by atoms with Crippen molar-refractivity contribution in [1.29, 1.82) is 0 Å². The van der Waals surface area contributed by atoms with Crippen LogP contribution in [0.3, 0.4) is 0 Å². The Kier molecular flexibility index (Phi) is 6.65. The number of aliphatic hydroxyl groups is 1. The summed E-state index contributed by atoms with van der Waals surface area (Å²) in [7, 11) is 0. The molecule has 0 atom stereocenters. The maximum absolute atomic E-state index is 13.5. The summed E-state index contributed by atoms with van der Waals surface area (Å²) in [4.78, 5) is 14.5. The van der Waals surface area contributed by atoms with E-state index in [0.29, 0.717) is 37.7 Å². The van der Waals surface area contributed by atoms with Gasteiger partial charge < -0.3 is 20.1 Å². The van der Waals surface area contributed by atoms with Crippen LogP contribution in [0, 0.1) is 11.7 Å². The molecule has 0 spiro atoms. The Morgan fingerprint density at radius 2 is 1.96 bits per heavy atom. The Morgan fingerprint density at radius 3 is 2.70 bits per heavy atom. The molecule has 0 aromatic heterocycles. The second kappa shape index (κ2) is 9.37. The number of benzene rings is 2. The number of amides is 1. The highest BCUT2D eigenvalue weighted by Crippen LogP contribution is 2.20. The maximum Gasteiger partial charge on any atom is 0.253 e. The smallest absolute Gasteiger partial charge is 0.253 e. The van der Waals surface area contributed by atoms with Crippen molar-refractivity contribution in [1.82, 2.24) is 4.90 Å². The van der Waals surface area contributed by atoms with Crippen LogP contribution in [0.2, 0.25) is 0 Å². The van der Waals surface area contributed by atoms with Gasteiger partial charge in [-0.3, -0.25) is 4.79 Å². The normalized spacial score (nSPS) is 14.8. The molecule has 0 saturated carbocycles. The van der Waals surface area contributed by atoms with Crippen LogP contribution in [0.15, 0.2) is 48.5 Å². The first kappa shape index (κ1) is 19.2. The number of hydrogen-bond acceptors (Lipinski definition) is 4. The molecule has 1 amide bonds. The summed E-state index contributed by atoms with van der Waals surface area (Å²) in [5, 5.41) is 12.4. The van der Waals surface area contributed by atoms with Gasteiger partial charge >= 0.3 is 0 Å². The van der Waals surface area contributed by atoms with Crippen molar-refractivity contribution in [3.63, 3.8) is 0 Å². The molecule has 0 radical (unpaired) electrons. The van der Waals surface area contributed by atoms with Crippen molar-refractivity contribution < 1.29 is 19.0 Å². The molecule has 2 N–H and O–H groups in total. The molecule has 0 unspecified atom stereocenters. The van der Waals surface area contributed by atoms with Gasteiger partial charge in [0, 0.05) is 37.5 Å². The van der Waals surface area contributed by atoms with Crippen molar-refractivity contribution in [2.45, 2.75) is 12.8 Å². The lowest BCUT2D eigenvalue weighted by molar-refractivity contribution is 0.0651. The topological polar surface area (TPSA) is 61.8 Å². The van der Waals surface area contributed by atoms with E-state index in [4.69, 9.17) is 4.74 Å². The van der Waals surface area contributed by atoms with Crippen molar-refractivity contribution >= 4 is 11.6 Å². The molecule has 2 aromatic rings. The van der Waals surface area contributed by atoms with Gasteiger partial charge in [-0.15, -0.1) is 0 Å². The van der Waals surface area contributed by atoms with Gasteiger partial charge in [0.25, 0.3) is 5.91 Å². The number of likely N-dealkylation sites (tertiary alicyclic amines) is 1. The molecule has 1 fully saturated rings. The van der Waals surface area contributed by atoms with E-state index in [1.807, 2.05) is 29.2 Å². The zero-order valence-corrected chi connectivity index (χ0v) is 15.2. The minimum atomic E-state index is -0.380. The summed E-state index contributed by atoms with van der Waals surface area (Å²) >= 11 is 0. The Bertz CT molecular complexity index is 761. The van der Waals surface area contributed by atoms with Crippen LogP contribution < -0.4 is 10.1 Å². The number of anilines is 1. The van der Waals surface area contributed by atoms with Gasteiger partial charge in [0.05, 0.1) is 0 Å². The van der Waals surface area contributed by atoms with Gasteiger partial charge in [-0.1, -0.05) is 18.2 Å². The number of para-hydroxylation sites is 1. The first-order valence-electron chi connectivity index (χ1n) is 9.29. The van der Waals surface area contributed by atoms with Gasteiger partial charge in [-0.05, 0) is 49.1 Å². The van der Waals surface area contributed by atoms with Crippen LogP contribution >= 0.6 is 0 Å². The quantitative estimate of drug-likeness (QED) is 0.733. The highest BCUT2D eigenvalue weighted by Gasteiger charge is 2.23. The van der Waals surface area contributed by atoms with Gasteiger partial charge in [-0.25, -0.2) is 4.39 Å². The number of nitrogens with zero attached hydrogens (tertiary/aromatic N) is 1.